The molecule has 1 aliphatic heterocycles. The van der Waals surface area contributed by atoms with Gasteiger partial charge in [-0.05, 0) is 30.0 Å². The van der Waals surface area contributed by atoms with E-state index in [0.29, 0.717) is 11.7 Å². The number of sulfonamides is 1. The fourth-order valence-electron chi connectivity index (χ4n) is 2.26. The first kappa shape index (κ1) is 16.3. The van der Waals surface area contributed by atoms with Crippen molar-refractivity contribution in [1.29, 1.82) is 0 Å². The second-order valence-corrected chi connectivity index (χ2v) is 8.38. The summed E-state index contributed by atoms with van der Waals surface area (Å²) in [5.74, 6) is -0.119. The van der Waals surface area contributed by atoms with E-state index in [0.717, 1.165) is 16.3 Å². The van der Waals surface area contributed by atoms with Gasteiger partial charge in [0.15, 0.2) is 0 Å². The summed E-state index contributed by atoms with van der Waals surface area (Å²) < 4.78 is 26.1. The maximum Gasteiger partial charge on any atom is 0.322 e. The summed E-state index contributed by atoms with van der Waals surface area (Å²) in [7, 11) is -3.75. The van der Waals surface area contributed by atoms with Crippen molar-refractivity contribution in [2.24, 2.45) is 5.92 Å². The number of carbonyl (C=O) groups is 1. The highest BCUT2D eigenvalue weighted by atomic mass is 32.2. The number of aliphatic carboxylic acids is 1. The van der Waals surface area contributed by atoms with Crippen molar-refractivity contribution in [1.82, 2.24) is 4.31 Å². The van der Waals surface area contributed by atoms with Crippen LogP contribution in [0.1, 0.15) is 19.4 Å². The molecule has 0 aromatic heterocycles. The lowest BCUT2D eigenvalue weighted by Gasteiger charge is -2.20. The van der Waals surface area contributed by atoms with Crippen LogP contribution in [-0.4, -0.2) is 41.5 Å². The Morgan fingerprint density at radius 1 is 1.38 bits per heavy atom. The van der Waals surface area contributed by atoms with Gasteiger partial charge in [-0.1, -0.05) is 26.0 Å². The first-order valence-corrected chi connectivity index (χ1v) is 9.33. The Kier molecular flexibility index (Phi) is 4.95. The molecule has 21 heavy (non-hydrogen) atoms. The minimum absolute atomic E-state index is 0.156. The topological polar surface area (TPSA) is 74.7 Å². The molecule has 1 aromatic rings. The summed E-state index contributed by atoms with van der Waals surface area (Å²) in [5, 5.41) is 9.12. The summed E-state index contributed by atoms with van der Waals surface area (Å²) in [5.41, 5.74) is 1.08. The highest BCUT2D eigenvalue weighted by molar-refractivity contribution is 8.00. The molecule has 5 nitrogen and oxygen atoms in total. The van der Waals surface area contributed by atoms with Gasteiger partial charge in [0, 0.05) is 5.75 Å². The first-order valence-electron chi connectivity index (χ1n) is 6.73. The Balaban J connectivity index is 2.25. The van der Waals surface area contributed by atoms with E-state index < -0.39 is 22.0 Å². The maximum absolute atomic E-state index is 12.5. The number of carboxylic acids is 1. The van der Waals surface area contributed by atoms with E-state index >= 15 is 0 Å². The van der Waals surface area contributed by atoms with Crippen molar-refractivity contribution in [2.45, 2.75) is 31.2 Å². The molecule has 0 spiro atoms. The molecule has 1 fully saturated rings. The van der Waals surface area contributed by atoms with Crippen molar-refractivity contribution in [2.75, 3.05) is 11.6 Å². The van der Waals surface area contributed by atoms with E-state index in [-0.39, 0.29) is 10.8 Å². The van der Waals surface area contributed by atoms with Crippen LogP contribution < -0.4 is 0 Å². The van der Waals surface area contributed by atoms with E-state index in [1.807, 2.05) is 0 Å². The zero-order valence-corrected chi connectivity index (χ0v) is 13.7. The fourth-order valence-corrected chi connectivity index (χ4v) is 5.40. The Hall–Kier alpha value is -1.05. The van der Waals surface area contributed by atoms with Gasteiger partial charge in [0.2, 0.25) is 10.0 Å². The van der Waals surface area contributed by atoms with Gasteiger partial charge in [0.25, 0.3) is 0 Å². The van der Waals surface area contributed by atoms with Gasteiger partial charge in [-0.2, -0.15) is 4.31 Å². The molecule has 1 unspecified atom stereocenters. The minimum Gasteiger partial charge on any atom is -0.480 e. The molecule has 0 bridgehead atoms. The Bertz CT molecular complexity index is 610. The molecule has 0 amide bonds. The standard InChI is InChI=1S/C14H19NO4S2/c1-10(2)7-11-3-5-12(6-4-11)21(18,19)15-9-20-8-13(15)14(16)17/h3-6,10,13H,7-9H2,1-2H3,(H,16,17). The van der Waals surface area contributed by atoms with E-state index in [4.69, 9.17) is 5.11 Å². The van der Waals surface area contributed by atoms with Crippen LogP contribution in [0.25, 0.3) is 0 Å². The largest absolute Gasteiger partial charge is 0.480 e. The molecule has 116 valence electrons. The Labute approximate surface area is 129 Å². The van der Waals surface area contributed by atoms with Gasteiger partial charge in [0.05, 0.1) is 10.8 Å². The Morgan fingerprint density at radius 2 is 2.00 bits per heavy atom. The van der Waals surface area contributed by atoms with Crippen molar-refractivity contribution in [3.05, 3.63) is 29.8 Å². The molecule has 2 rings (SSSR count). The molecular formula is C14H19NO4S2. The van der Waals surface area contributed by atoms with Crippen LogP contribution in [0.15, 0.2) is 29.2 Å². The zero-order valence-electron chi connectivity index (χ0n) is 12.0. The van der Waals surface area contributed by atoms with Crippen LogP contribution in [0.5, 0.6) is 0 Å². The van der Waals surface area contributed by atoms with Gasteiger partial charge in [-0.25, -0.2) is 8.42 Å². The summed E-state index contributed by atoms with van der Waals surface area (Å²) >= 11 is 1.32. The van der Waals surface area contributed by atoms with Crippen LogP contribution in [0.3, 0.4) is 0 Å². The van der Waals surface area contributed by atoms with Gasteiger partial charge in [0.1, 0.15) is 6.04 Å². The van der Waals surface area contributed by atoms with E-state index in [1.54, 1.807) is 24.3 Å². The number of carboxylic acid groups (broad SMARTS) is 1. The normalized spacial score (nSPS) is 20.0. The first-order chi connectivity index (χ1) is 9.82. The molecule has 1 aromatic carbocycles. The lowest BCUT2D eigenvalue weighted by atomic mass is 10.0. The van der Waals surface area contributed by atoms with Crippen LogP contribution in [0.4, 0.5) is 0 Å². The number of hydrogen-bond donors (Lipinski definition) is 1. The summed E-state index contributed by atoms with van der Waals surface area (Å²) in [4.78, 5) is 11.3. The monoisotopic (exact) mass is 329 g/mol. The third-order valence-electron chi connectivity index (χ3n) is 3.30. The molecule has 1 saturated heterocycles. The quantitative estimate of drug-likeness (QED) is 0.895. The summed E-state index contributed by atoms with van der Waals surface area (Å²) in [6.07, 6.45) is 0.887. The molecule has 0 aliphatic carbocycles. The predicted molar refractivity (Wildman–Crippen MR) is 82.8 cm³/mol. The molecule has 1 N–H and O–H groups in total. The highest BCUT2D eigenvalue weighted by Crippen LogP contribution is 2.28. The van der Waals surface area contributed by atoms with Crippen molar-refractivity contribution in [3.8, 4) is 0 Å². The summed E-state index contributed by atoms with van der Waals surface area (Å²) in [6.45, 7) is 4.20. The molecule has 1 heterocycles. The summed E-state index contributed by atoms with van der Waals surface area (Å²) in [6, 6.07) is 5.75. The van der Waals surface area contributed by atoms with Gasteiger partial charge in [-0.3, -0.25) is 4.79 Å². The SMILES string of the molecule is CC(C)Cc1ccc(S(=O)(=O)N2CSCC2C(=O)O)cc1. The number of thioether (sulfide) groups is 1. The van der Waals surface area contributed by atoms with Crippen LogP contribution >= 0.6 is 11.8 Å². The number of rotatable bonds is 5. The van der Waals surface area contributed by atoms with Crippen LogP contribution in [0.2, 0.25) is 0 Å². The van der Waals surface area contributed by atoms with Crippen LogP contribution in [0, 0.1) is 5.92 Å². The van der Waals surface area contributed by atoms with E-state index in [2.05, 4.69) is 13.8 Å². The average Bonchev–Trinajstić information content (AvgIpc) is 2.88. The molecule has 1 aliphatic rings. The van der Waals surface area contributed by atoms with Gasteiger partial charge >= 0.3 is 5.97 Å². The lowest BCUT2D eigenvalue weighted by molar-refractivity contribution is -0.140. The van der Waals surface area contributed by atoms with Crippen molar-refractivity contribution in [3.63, 3.8) is 0 Å². The van der Waals surface area contributed by atoms with E-state index in [1.165, 1.54) is 11.8 Å². The third-order valence-corrected chi connectivity index (χ3v) is 6.35. The maximum atomic E-state index is 12.5. The predicted octanol–water partition coefficient (Wildman–Crippen LogP) is 2.03. The molecule has 0 radical (unpaired) electrons. The number of nitrogens with zero attached hydrogens (tertiary/aromatic N) is 1. The molecule has 0 saturated carbocycles. The second kappa shape index (κ2) is 6.37. The number of hydrogen-bond acceptors (Lipinski definition) is 4. The average molecular weight is 329 g/mol. The van der Waals surface area contributed by atoms with Gasteiger partial charge < -0.3 is 5.11 Å². The van der Waals surface area contributed by atoms with E-state index in [9.17, 15) is 13.2 Å². The van der Waals surface area contributed by atoms with Crippen molar-refractivity contribution < 1.29 is 18.3 Å². The molecule has 1 atom stereocenters. The molecular weight excluding hydrogens is 310 g/mol. The fraction of sp³-hybridized carbons (Fsp3) is 0.500. The smallest absolute Gasteiger partial charge is 0.322 e. The zero-order chi connectivity index (χ0) is 15.6. The minimum atomic E-state index is -3.75. The lowest BCUT2D eigenvalue weighted by Crippen LogP contribution is -2.41. The number of benzene rings is 1. The van der Waals surface area contributed by atoms with Gasteiger partial charge in [-0.15, -0.1) is 11.8 Å². The van der Waals surface area contributed by atoms with Crippen LogP contribution in [-0.2, 0) is 21.2 Å². The second-order valence-electron chi connectivity index (χ2n) is 5.49. The molecule has 7 heteroatoms. The third kappa shape index (κ3) is 3.59. The van der Waals surface area contributed by atoms with Crippen molar-refractivity contribution >= 4 is 27.8 Å². The Morgan fingerprint density at radius 3 is 2.52 bits per heavy atom. The highest BCUT2D eigenvalue weighted by Gasteiger charge is 2.39.